The second-order valence-electron chi connectivity index (χ2n) is 16.9. The Kier molecular flexibility index (Phi) is 9.58. The van der Waals surface area contributed by atoms with Gasteiger partial charge in [-0.1, -0.05) is 212 Å². The Labute approximate surface area is 379 Å². The molecule has 1 nitrogen and oxygen atoms in total. The third kappa shape index (κ3) is 7.10. The molecular formula is C64H43N. The first-order chi connectivity index (χ1) is 32.2. The van der Waals surface area contributed by atoms with Crippen LogP contribution in [-0.4, -0.2) is 0 Å². The predicted octanol–water partition coefficient (Wildman–Crippen LogP) is 18.1. The van der Waals surface area contributed by atoms with Crippen molar-refractivity contribution in [1.82, 2.24) is 0 Å². The van der Waals surface area contributed by atoms with Crippen molar-refractivity contribution in [3.05, 3.63) is 261 Å². The highest BCUT2D eigenvalue weighted by Gasteiger charge is 2.20. The van der Waals surface area contributed by atoms with Crippen LogP contribution in [0, 0.1) is 0 Å². The molecule has 0 unspecified atom stereocenters. The third-order valence-corrected chi connectivity index (χ3v) is 13.0. The van der Waals surface area contributed by atoms with E-state index in [4.69, 9.17) is 0 Å². The van der Waals surface area contributed by atoms with Gasteiger partial charge in [-0.15, -0.1) is 0 Å². The van der Waals surface area contributed by atoms with Crippen molar-refractivity contribution in [3.63, 3.8) is 0 Å². The van der Waals surface area contributed by atoms with E-state index in [-0.39, 0.29) is 0 Å². The molecule has 0 saturated heterocycles. The zero-order valence-electron chi connectivity index (χ0n) is 35.8. The second kappa shape index (κ2) is 16.3. The normalized spacial score (nSPS) is 11.4. The Hall–Kier alpha value is -8.52. The summed E-state index contributed by atoms with van der Waals surface area (Å²) in [4.78, 5) is 2.44. The molecule has 0 aliphatic rings. The van der Waals surface area contributed by atoms with E-state index in [0.717, 1.165) is 28.2 Å². The Morgan fingerprint density at radius 2 is 0.646 bits per heavy atom. The molecule has 0 aliphatic heterocycles. The zero-order chi connectivity index (χ0) is 43.1. The molecule has 0 heterocycles. The van der Waals surface area contributed by atoms with Crippen molar-refractivity contribution in [2.24, 2.45) is 0 Å². The van der Waals surface area contributed by atoms with Gasteiger partial charge in [0.05, 0.1) is 5.69 Å². The van der Waals surface area contributed by atoms with Crippen LogP contribution in [0.15, 0.2) is 261 Å². The van der Waals surface area contributed by atoms with Crippen molar-refractivity contribution in [2.45, 2.75) is 0 Å². The maximum Gasteiger partial charge on any atom is 0.0546 e. The molecule has 12 rings (SSSR count). The highest BCUT2D eigenvalue weighted by atomic mass is 15.1. The fourth-order valence-electron chi connectivity index (χ4n) is 9.77. The lowest BCUT2D eigenvalue weighted by molar-refractivity contribution is 1.28. The average molecular weight is 826 g/mol. The minimum absolute atomic E-state index is 1.08. The average Bonchev–Trinajstić information content (AvgIpc) is 3.39. The van der Waals surface area contributed by atoms with Gasteiger partial charge in [-0.3, -0.25) is 0 Å². The highest BCUT2D eigenvalue weighted by Crippen LogP contribution is 2.45. The molecular weight excluding hydrogens is 783 g/mol. The molecule has 0 atom stereocenters. The van der Waals surface area contributed by atoms with E-state index in [1.54, 1.807) is 0 Å². The van der Waals surface area contributed by atoms with Gasteiger partial charge in [-0.2, -0.15) is 0 Å². The Morgan fingerprint density at radius 3 is 1.32 bits per heavy atom. The molecule has 12 aromatic rings. The summed E-state index contributed by atoms with van der Waals surface area (Å²) in [6, 6.07) is 95.4. The highest BCUT2D eigenvalue weighted by molar-refractivity contribution is 6.14. The molecule has 0 radical (unpaired) electrons. The third-order valence-electron chi connectivity index (χ3n) is 13.0. The van der Waals surface area contributed by atoms with Gasteiger partial charge in [0.25, 0.3) is 0 Å². The predicted molar refractivity (Wildman–Crippen MR) is 278 cm³/mol. The van der Waals surface area contributed by atoms with Crippen molar-refractivity contribution in [3.8, 4) is 55.6 Å². The summed E-state index contributed by atoms with van der Waals surface area (Å²) >= 11 is 0. The van der Waals surface area contributed by atoms with Gasteiger partial charge in [0.15, 0.2) is 0 Å². The molecule has 0 aromatic heterocycles. The van der Waals surface area contributed by atoms with Crippen LogP contribution in [0.3, 0.4) is 0 Å². The molecule has 0 fully saturated rings. The van der Waals surface area contributed by atoms with Crippen molar-refractivity contribution >= 4 is 60.2 Å². The Bertz CT molecular complexity index is 3680. The number of benzene rings is 12. The largest absolute Gasteiger partial charge is 0.310 e. The Morgan fingerprint density at radius 1 is 0.200 bits per heavy atom. The van der Waals surface area contributed by atoms with Gasteiger partial charge in [0.1, 0.15) is 0 Å². The van der Waals surface area contributed by atoms with Crippen molar-refractivity contribution in [2.75, 3.05) is 4.90 Å². The molecule has 0 amide bonds. The zero-order valence-corrected chi connectivity index (χ0v) is 35.8. The van der Waals surface area contributed by atoms with E-state index in [1.165, 1.54) is 87.6 Å². The van der Waals surface area contributed by atoms with Gasteiger partial charge in [0, 0.05) is 16.9 Å². The second-order valence-corrected chi connectivity index (χ2v) is 16.9. The van der Waals surface area contributed by atoms with E-state index < -0.39 is 0 Å². The summed E-state index contributed by atoms with van der Waals surface area (Å²) in [5.74, 6) is 0. The lowest BCUT2D eigenvalue weighted by atomic mass is 9.91. The molecule has 0 bridgehead atoms. The lowest BCUT2D eigenvalue weighted by Gasteiger charge is -2.29. The van der Waals surface area contributed by atoms with Gasteiger partial charge in [-0.05, 0) is 142 Å². The maximum atomic E-state index is 2.44. The van der Waals surface area contributed by atoms with E-state index in [0.29, 0.717) is 0 Å². The van der Waals surface area contributed by atoms with Crippen LogP contribution in [0.2, 0.25) is 0 Å². The summed E-state index contributed by atoms with van der Waals surface area (Å²) in [6.07, 6.45) is 0. The summed E-state index contributed by atoms with van der Waals surface area (Å²) in [5, 5.41) is 10.1. The standard InChI is InChI=1S/C64H43N/c1-3-14-44(15-4-1)49-20-13-21-50(40-49)45-28-34-55(35-29-45)65(56-36-30-46(31-37-56)51-32-38-59-53(41-51)27-26-48-18-7-9-22-57(48)59)64-43-54(33-39-60(64)47-16-5-2-6-17-47)63-42-52-19-8-10-23-58(52)61-24-11-12-25-62(61)63/h1-43H. The van der Waals surface area contributed by atoms with E-state index in [9.17, 15) is 0 Å². The van der Waals surface area contributed by atoms with Crippen molar-refractivity contribution in [1.29, 1.82) is 0 Å². The number of nitrogens with zero attached hydrogens (tertiary/aromatic N) is 1. The van der Waals surface area contributed by atoms with Crippen LogP contribution in [0.1, 0.15) is 0 Å². The quantitative estimate of drug-likeness (QED) is 0.138. The fourth-order valence-corrected chi connectivity index (χ4v) is 9.77. The smallest absolute Gasteiger partial charge is 0.0546 e. The van der Waals surface area contributed by atoms with Gasteiger partial charge >= 0.3 is 0 Å². The first kappa shape index (κ1) is 38.2. The van der Waals surface area contributed by atoms with Crippen molar-refractivity contribution < 1.29 is 0 Å². The van der Waals surface area contributed by atoms with E-state index in [2.05, 4.69) is 266 Å². The van der Waals surface area contributed by atoms with Crippen LogP contribution in [-0.2, 0) is 0 Å². The fraction of sp³-hybridized carbons (Fsp3) is 0. The van der Waals surface area contributed by atoms with Crippen LogP contribution in [0.4, 0.5) is 17.1 Å². The summed E-state index contributed by atoms with van der Waals surface area (Å²) in [5.41, 5.74) is 15.1. The first-order valence-corrected chi connectivity index (χ1v) is 22.4. The molecule has 12 aromatic carbocycles. The van der Waals surface area contributed by atoms with Crippen LogP contribution in [0.5, 0.6) is 0 Å². The first-order valence-electron chi connectivity index (χ1n) is 22.4. The number of fused-ring (bicyclic) bond motifs is 6. The SMILES string of the molecule is c1ccc(-c2cccc(-c3ccc(N(c4ccc(-c5ccc6c(ccc7ccccc76)c5)cc4)c4cc(-c5cc6ccccc6c6ccccc56)ccc4-c4ccccc4)cc3)c2)cc1. The minimum atomic E-state index is 1.08. The molecule has 1 heteroatoms. The lowest BCUT2D eigenvalue weighted by Crippen LogP contribution is -2.11. The maximum absolute atomic E-state index is 2.44. The molecule has 0 saturated carbocycles. The van der Waals surface area contributed by atoms with Gasteiger partial charge < -0.3 is 4.90 Å². The number of anilines is 3. The molecule has 304 valence electrons. The topological polar surface area (TPSA) is 3.24 Å². The van der Waals surface area contributed by atoms with Crippen LogP contribution < -0.4 is 4.90 Å². The summed E-state index contributed by atoms with van der Waals surface area (Å²) < 4.78 is 0. The van der Waals surface area contributed by atoms with Crippen LogP contribution in [0.25, 0.3) is 98.7 Å². The molecule has 65 heavy (non-hydrogen) atoms. The van der Waals surface area contributed by atoms with E-state index in [1.807, 2.05) is 0 Å². The van der Waals surface area contributed by atoms with Crippen LogP contribution >= 0.6 is 0 Å². The minimum Gasteiger partial charge on any atom is -0.310 e. The van der Waals surface area contributed by atoms with E-state index >= 15 is 0 Å². The molecule has 0 aliphatic carbocycles. The summed E-state index contributed by atoms with van der Waals surface area (Å²) in [6.45, 7) is 0. The number of rotatable bonds is 8. The molecule has 0 spiro atoms. The number of hydrogen-bond donors (Lipinski definition) is 0. The monoisotopic (exact) mass is 825 g/mol. The Balaban J connectivity index is 1.02. The number of hydrogen-bond acceptors (Lipinski definition) is 1. The van der Waals surface area contributed by atoms with Gasteiger partial charge in [0.2, 0.25) is 0 Å². The summed E-state index contributed by atoms with van der Waals surface area (Å²) in [7, 11) is 0. The molecule has 0 N–H and O–H groups in total. The van der Waals surface area contributed by atoms with Gasteiger partial charge in [-0.25, -0.2) is 0 Å².